The van der Waals surface area contributed by atoms with Crippen molar-refractivity contribution < 1.29 is 21.2 Å². The van der Waals surface area contributed by atoms with Gasteiger partial charge in [0.05, 0.1) is 0 Å². The molecule has 0 bridgehead atoms. The van der Waals surface area contributed by atoms with Crippen molar-refractivity contribution in [3.63, 3.8) is 0 Å². The number of hydrogen-bond acceptors (Lipinski definition) is 1. The summed E-state index contributed by atoms with van der Waals surface area (Å²) >= 11 is 6.26. The van der Waals surface area contributed by atoms with Crippen LogP contribution in [0.4, 0.5) is 0 Å². The standard InChI is InChI=1S/C11H13ClIN2/c1-3-13-10-6-14-5-8-9(12)7-15(4-2)11(8)10/h5-7H,3-4H2,1-2H3/q-1. The van der Waals surface area contributed by atoms with E-state index in [-0.39, 0.29) is 21.2 Å². The van der Waals surface area contributed by atoms with Gasteiger partial charge in [0.15, 0.2) is 0 Å². The molecule has 0 spiro atoms. The summed E-state index contributed by atoms with van der Waals surface area (Å²) in [5.74, 6) is 0. The summed E-state index contributed by atoms with van der Waals surface area (Å²) in [6.45, 7) is 5.34. The van der Waals surface area contributed by atoms with Gasteiger partial charge in [-0.25, -0.2) is 0 Å². The number of alkyl halides is 1. The molecule has 0 aromatic carbocycles. The van der Waals surface area contributed by atoms with Crippen LogP contribution in [0.3, 0.4) is 0 Å². The molecule has 4 heteroatoms. The Morgan fingerprint density at radius 3 is 2.87 bits per heavy atom. The van der Waals surface area contributed by atoms with Crippen molar-refractivity contribution in [1.82, 2.24) is 9.55 Å². The molecule has 0 fully saturated rings. The van der Waals surface area contributed by atoms with Crippen LogP contribution in [0, 0.1) is 3.57 Å². The SMILES string of the molecule is CC[I-]c1cncc2c(Cl)cn(CC)c12. The molecule has 0 amide bonds. The fourth-order valence-corrected chi connectivity index (χ4v) is 4.05. The van der Waals surface area contributed by atoms with Crippen LogP contribution in [0.5, 0.6) is 0 Å². The van der Waals surface area contributed by atoms with Gasteiger partial charge in [0.2, 0.25) is 0 Å². The van der Waals surface area contributed by atoms with Crippen molar-refractivity contribution in [2.24, 2.45) is 0 Å². The minimum atomic E-state index is 0.0762. The van der Waals surface area contributed by atoms with Gasteiger partial charge in [-0.1, -0.05) is 0 Å². The molecule has 2 aromatic heterocycles. The summed E-state index contributed by atoms with van der Waals surface area (Å²) in [5.41, 5.74) is 1.30. The molecule has 0 aliphatic carbocycles. The number of fused-ring (bicyclic) bond motifs is 1. The maximum absolute atomic E-state index is 6.18. The van der Waals surface area contributed by atoms with E-state index in [9.17, 15) is 0 Å². The molecule has 0 saturated heterocycles. The van der Waals surface area contributed by atoms with E-state index in [0.29, 0.717) is 0 Å². The number of nitrogens with zero attached hydrogens (tertiary/aromatic N) is 2. The molecule has 2 heterocycles. The quantitative estimate of drug-likeness (QED) is 0.570. The average Bonchev–Trinajstić information content (AvgIpc) is 2.58. The van der Waals surface area contributed by atoms with Gasteiger partial charge in [0, 0.05) is 0 Å². The molecule has 0 atom stereocenters. The predicted molar refractivity (Wildman–Crippen MR) is 59.7 cm³/mol. The summed E-state index contributed by atoms with van der Waals surface area (Å²) < 4.78 is 4.87. The van der Waals surface area contributed by atoms with Gasteiger partial charge in [-0.2, -0.15) is 0 Å². The zero-order valence-electron chi connectivity index (χ0n) is 8.80. The molecule has 0 radical (unpaired) electrons. The van der Waals surface area contributed by atoms with E-state index >= 15 is 0 Å². The van der Waals surface area contributed by atoms with Gasteiger partial charge in [0.25, 0.3) is 0 Å². The Morgan fingerprint density at radius 2 is 2.20 bits per heavy atom. The normalized spacial score (nSPS) is 11.4. The predicted octanol–water partition coefficient (Wildman–Crippen LogP) is -0.0119. The molecule has 0 N–H and O–H groups in total. The first-order valence-corrected chi connectivity index (χ1v) is 7.97. The van der Waals surface area contributed by atoms with Gasteiger partial charge in [-0.05, 0) is 0 Å². The molecule has 0 saturated carbocycles. The van der Waals surface area contributed by atoms with E-state index in [1.807, 2.05) is 18.6 Å². The Balaban J connectivity index is 2.70. The van der Waals surface area contributed by atoms with Crippen LogP contribution in [0.25, 0.3) is 10.9 Å². The molecule has 0 unspecified atom stereocenters. The zero-order valence-corrected chi connectivity index (χ0v) is 11.7. The second-order valence-electron chi connectivity index (χ2n) is 3.18. The number of hydrogen-bond donors (Lipinski definition) is 0. The first kappa shape index (κ1) is 11.2. The monoisotopic (exact) mass is 335 g/mol. The Morgan fingerprint density at radius 1 is 1.40 bits per heavy atom. The fourth-order valence-electron chi connectivity index (χ4n) is 1.66. The zero-order chi connectivity index (χ0) is 10.8. The molecule has 0 aliphatic heterocycles. The molecule has 0 aliphatic rings. The van der Waals surface area contributed by atoms with Crippen LogP contribution in [-0.2, 0) is 6.54 Å². The Hall–Kier alpha value is -0.290. The number of halogens is 2. The molecule has 2 aromatic rings. The Kier molecular flexibility index (Phi) is 3.51. The first-order chi connectivity index (χ1) is 7.27. The first-order valence-electron chi connectivity index (χ1n) is 4.99. The third-order valence-electron chi connectivity index (χ3n) is 2.30. The van der Waals surface area contributed by atoms with E-state index in [1.54, 1.807) is 0 Å². The fraction of sp³-hybridized carbons (Fsp3) is 0.364. The van der Waals surface area contributed by atoms with Crippen LogP contribution >= 0.6 is 11.6 Å². The summed E-state index contributed by atoms with van der Waals surface area (Å²) in [4.78, 5) is 4.27. The Labute approximate surface area is 105 Å². The van der Waals surface area contributed by atoms with Crippen LogP contribution in [-0.4, -0.2) is 14.0 Å². The van der Waals surface area contributed by atoms with Crippen LogP contribution in [0.15, 0.2) is 18.6 Å². The van der Waals surface area contributed by atoms with Crippen LogP contribution < -0.4 is 21.2 Å². The van der Waals surface area contributed by atoms with Crippen molar-refractivity contribution in [3.8, 4) is 0 Å². The molecule has 15 heavy (non-hydrogen) atoms. The van der Waals surface area contributed by atoms with Crippen molar-refractivity contribution in [1.29, 1.82) is 0 Å². The van der Waals surface area contributed by atoms with Gasteiger partial charge in [0.1, 0.15) is 0 Å². The number of rotatable bonds is 3. The summed E-state index contributed by atoms with van der Waals surface area (Å²) in [7, 11) is 0. The van der Waals surface area contributed by atoms with Gasteiger partial charge >= 0.3 is 105 Å². The third-order valence-corrected chi connectivity index (χ3v) is 4.98. The summed E-state index contributed by atoms with van der Waals surface area (Å²) in [5, 5.41) is 1.92. The van der Waals surface area contributed by atoms with E-state index in [4.69, 9.17) is 11.6 Å². The van der Waals surface area contributed by atoms with Crippen LogP contribution in [0.2, 0.25) is 5.02 Å². The molecular formula is C11H13ClIN2-. The van der Waals surface area contributed by atoms with Crippen LogP contribution in [0.1, 0.15) is 13.8 Å². The average molecular weight is 336 g/mol. The number of pyridine rings is 1. The van der Waals surface area contributed by atoms with Gasteiger partial charge < -0.3 is 0 Å². The molecule has 82 valence electrons. The van der Waals surface area contributed by atoms with Gasteiger partial charge in [-0.3, -0.25) is 0 Å². The summed E-state index contributed by atoms with van der Waals surface area (Å²) in [6, 6.07) is 0. The van der Waals surface area contributed by atoms with E-state index < -0.39 is 0 Å². The Bertz CT molecular complexity index is 479. The number of aryl methyl sites for hydroxylation is 1. The summed E-state index contributed by atoms with van der Waals surface area (Å²) in [6.07, 6.45) is 5.88. The maximum atomic E-state index is 6.18. The molecule has 2 nitrogen and oxygen atoms in total. The third kappa shape index (κ3) is 1.99. The van der Waals surface area contributed by atoms with E-state index in [2.05, 4.69) is 23.4 Å². The minimum absolute atomic E-state index is 0.0762. The topological polar surface area (TPSA) is 17.8 Å². The van der Waals surface area contributed by atoms with Crippen molar-refractivity contribution in [3.05, 3.63) is 27.2 Å². The second kappa shape index (κ2) is 4.70. The molecule has 2 rings (SSSR count). The second-order valence-corrected chi connectivity index (χ2v) is 7.04. The van der Waals surface area contributed by atoms with Crippen molar-refractivity contribution in [2.75, 3.05) is 4.43 Å². The molecular weight excluding hydrogens is 322 g/mol. The van der Waals surface area contributed by atoms with Gasteiger partial charge in [-0.15, -0.1) is 0 Å². The number of aromatic nitrogens is 2. The van der Waals surface area contributed by atoms with E-state index in [1.165, 1.54) is 13.5 Å². The van der Waals surface area contributed by atoms with E-state index in [0.717, 1.165) is 17.0 Å². The van der Waals surface area contributed by atoms with Crippen molar-refractivity contribution in [2.45, 2.75) is 20.4 Å². The van der Waals surface area contributed by atoms with Crippen molar-refractivity contribution >= 4 is 22.5 Å².